The number of amides is 1. The van der Waals surface area contributed by atoms with Crippen LogP contribution in [0, 0.1) is 13.8 Å². The first-order valence-corrected chi connectivity index (χ1v) is 9.01. The molecule has 1 fully saturated rings. The molecule has 22 heavy (non-hydrogen) atoms. The molecule has 122 valence electrons. The van der Waals surface area contributed by atoms with E-state index in [1.54, 1.807) is 0 Å². The van der Waals surface area contributed by atoms with Crippen molar-refractivity contribution in [1.82, 2.24) is 5.32 Å². The summed E-state index contributed by atoms with van der Waals surface area (Å²) in [4.78, 5) is 12.0. The van der Waals surface area contributed by atoms with Gasteiger partial charge in [-0.2, -0.15) is 0 Å². The summed E-state index contributed by atoms with van der Waals surface area (Å²) < 4.78 is 33.4. The summed E-state index contributed by atoms with van der Waals surface area (Å²) in [6, 6.07) is 5.71. The lowest BCUT2D eigenvalue weighted by molar-refractivity contribution is -0.132. The highest BCUT2D eigenvalue weighted by Crippen LogP contribution is 2.20. The van der Waals surface area contributed by atoms with Gasteiger partial charge >= 0.3 is 0 Å². The van der Waals surface area contributed by atoms with Gasteiger partial charge in [0.15, 0.2) is 6.61 Å². The highest BCUT2D eigenvalue weighted by molar-refractivity contribution is 7.90. The summed E-state index contributed by atoms with van der Waals surface area (Å²) in [5.74, 6) is 0.135. The van der Waals surface area contributed by atoms with E-state index >= 15 is 0 Å². The molecule has 1 aliphatic rings. The first-order chi connectivity index (χ1) is 10.2. The number of hydrogen-bond acceptors (Lipinski definition) is 5. The molecule has 0 atom stereocenters. The molecule has 0 bridgehead atoms. The summed E-state index contributed by atoms with van der Waals surface area (Å²) >= 11 is 0. The Kier molecular flexibility index (Phi) is 4.77. The minimum Gasteiger partial charge on any atom is -0.484 e. The van der Waals surface area contributed by atoms with Crippen molar-refractivity contribution in [3.8, 4) is 5.75 Å². The minimum atomic E-state index is -3.20. The van der Waals surface area contributed by atoms with Crippen LogP contribution in [-0.2, 0) is 19.4 Å². The molecule has 0 unspecified atom stereocenters. The van der Waals surface area contributed by atoms with Crippen molar-refractivity contribution >= 4 is 15.7 Å². The maximum atomic E-state index is 12.0. The van der Waals surface area contributed by atoms with Crippen molar-refractivity contribution in [2.24, 2.45) is 0 Å². The lowest BCUT2D eigenvalue weighted by Gasteiger charge is -2.41. The predicted octanol–water partition coefficient (Wildman–Crippen LogP) is 0.612. The molecule has 1 N–H and O–H groups in total. The second kappa shape index (κ2) is 6.26. The van der Waals surface area contributed by atoms with Gasteiger partial charge in [0.25, 0.3) is 5.91 Å². The van der Waals surface area contributed by atoms with Crippen molar-refractivity contribution in [3.63, 3.8) is 0 Å². The van der Waals surface area contributed by atoms with E-state index in [0.29, 0.717) is 5.75 Å². The number of sulfone groups is 1. The monoisotopic (exact) mass is 327 g/mol. The van der Waals surface area contributed by atoms with Crippen LogP contribution >= 0.6 is 0 Å². The van der Waals surface area contributed by atoms with Crippen molar-refractivity contribution in [2.45, 2.75) is 19.4 Å². The molecule has 0 spiro atoms. The zero-order valence-electron chi connectivity index (χ0n) is 13.0. The van der Waals surface area contributed by atoms with E-state index in [2.05, 4.69) is 5.32 Å². The minimum absolute atomic E-state index is 0.130. The Labute approximate surface area is 130 Å². The van der Waals surface area contributed by atoms with Crippen LogP contribution in [0.5, 0.6) is 5.75 Å². The molecule has 1 aromatic carbocycles. The average molecular weight is 327 g/mol. The largest absolute Gasteiger partial charge is 0.484 e. The van der Waals surface area contributed by atoms with Gasteiger partial charge in [0, 0.05) is 6.26 Å². The predicted molar refractivity (Wildman–Crippen MR) is 82.8 cm³/mol. The van der Waals surface area contributed by atoms with Gasteiger partial charge in [-0.1, -0.05) is 6.07 Å². The molecule has 0 radical (unpaired) electrons. The second-order valence-electron chi connectivity index (χ2n) is 6.00. The molecule has 1 heterocycles. The molecule has 0 aliphatic carbocycles. The van der Waals surface area contributed by atoms with E-state index in [0.717, 1.165) is 17.4 Å². The van der Waals surface area contributed by atoms with Gasteiger partial charge in [-0.05, 0) is 37.1 Å². The molecule has 1 amide bonds. The zero-order chi connectivity index (χ0) is 16.4. The Bertz CT molecular complexity index is 644. The smallest absolute Gasteiger partial charge is 0.258 e. The summed E-state index contributed by atoms with van der Waals surface area (Å²) in [7, 11) is -3.20. The normalized spacial score (nSPS) is 16.7. The van der Waals surface area contributed by atoms with Crippen molar-refractivity contribution in [2.75, 3.05) is 31.8 Å². The lowest BCUT2D eigenvalue weighted by Crippen LogP contribution is -2.66. The van der Waals surface area contributed by atoms with E-state index < -0.39 is 15.4 Å². The third kappa shape index (κ3) is 4.71. The molecule has 1 saturated heterocycles. The molecule has 1 aromatic rings. The number of benzene rings is 1. The van der Waals surface area contributed by atoms with Gasteiger partial charge in [-0.15, -0.1) is 0 Å². The number of carbonyl (C=O) groups is 1. The summed E-state index contributed by atoms with van der Waals surface area (Å²) in [6.07, 6.45) is 1.14. The van der Waals surface area contributed by atoms with Gasteiger partial charge in [-0.3, -0.25) is 4.79 Å². The van der Waals surface area contributed by atoms with E-state index in [4.69, 9.17) is 9.47 Å². The Hall–Kier alpha value is -1.60. The SMILES string of the molecule is Cc1cc(C)cc(OCC(=O)NC2(CS(C)(=O)=O)COC2)c1. The molecule has 7 heteroatoms. The van der Waals surface area contributed by atoms with Crippen molar-refractivity contribution in [1.29, 1.82) is 0 Å². The van der Waals surface area contributed by atoms with E-state index in [1.807, 2.05) is 32.0 Å². The first kappa shape index (κ1) is 16.8. The van der Waals surface area contributed by atoms with Gasteiger partial charge in [-0.25, -0.2) is 8.42 Å². The molecule has 0 saturated carbocycles. The summed E-state index contributed by atoms with van der Waals surface area (Å²) in [5.41, 5.74) is 1.28. The van der Waals surface area contributed by atoms with Crippen LogP contribution in [0.1, 0.15) is 11.1 Å². The Morgan fingerprint density at radius 2 is 1.86 bits per heavy atom. The number of nitrogens with one attached hydrogen (secondary N) is 1. The summed E-state index contributed by atoms with van der Waals surface area (Å²) in [6.45, 7) is 4.15. The standard InChI is InChI=1S/C15H21NO5S/c1-11-4-12(2)6-13(5-11)21-7-14(17)16-15(8-20-9-15)10-22(3,18)19/h4-6H,7-10H2,1-3H3,(H,16,17). The third-order valence-corrected chi connectivity index (χ3v) is 4.34. The molecule has 6 nitrogen and oxygen atoms in total. The lowest BCUT2D eigenvalue weighted by atomic mass is 10.0. The highest BCUT2D eigenvalue weighted by atomic mass is 32.2. The number of aryl methyl sites for hydroxylation is 2. The molecular formula is C15H21NO5S. The van der Waals surface area contributed by atoms with Crippen LogP contribution in [0.2, 0.25) is 0 Å². The highest BCUT2D eigenvalue weighted by Gasteiger charge is 2.42. The molecule has 0 aromatic heterocycles. The van der Waals surface area contributed by atoms with Crippen LogP contribution in [-0.4, -0.2) is 51.7 Å². The molecule has 1 aliphatic heterocycles. The van der Waals surface area contributed by atoms with Gasteiger partial charge < -0.3 is 14.8 Å². The zero-order valence-corrected chi connectivity index (χ0v) is 13.8. The fourth-order valence-corrected chi connectivity index (χ4v) is 3.78. The van der Waals surface area contributed by atoms with E-state index in [1.165, 1.54) is 0 Å². The topological polar surface area (TPSA) is 81.7 Å². The maximum absolute atomic E-state index is 12.0. The Morgan fingerprint density at radius 3 is 2.32 bits per heavy atom. The van der Waals surface area contributed by atoms with E-state index in [9.17, 15) is 13.2 Å². The van der Waals surface area contributed by atoms with Gasteiger partial charge in [0.05, 0.1) is 19.0 Å². The van der Waals surface area contributed by atoms with Crippen molar-refractivity contribution < 1.29 is 22.7 Å². The number of carbonyl (C=O) groups excluding carboxylic acids is 1. The number of hydrogen-bond donors (Lipinski definition) is 1. The van der Waals surface area contributed by atoms with Gasteiger partial charge in [0.1, 0.15) is 21.1 Å². The van der Waals surface area contributed by atoms with Gasteiger partial charge in [0.2, 0.25) is 0 Å². The average Bonchev–Trinajstić information content (AvgIpc) is 2.31. The fourth-order valence-electron chi connectivity index (χ4n) is 2.54. The third-order valence-electron chi connectivity index (χ3n) is 3.26. The fraction of sp³-hybridized carbons (Fsp3) is 0.533. The van der Waals surface area contributed by atoms with E-state index in [-0.39, 0.29) is 31.5 Å². The van der Waals surface area contributed by atoms with Crippen LogP contribution in [0.15, 0.2) is 18.2 Å². The Balaban J connectivity index is 1.92. The second-order valence-corrected chi connectivity index (χ2v) is 8.14. The number of rotatable bonds is 6. The van der Waals surface area contributed by atoms with Crippen LogP contribution in [0.4, 0.5) is 0 Å². The summed E-state index contributed by atoms with van der Waals surface area (Å²) in [5, 5.41) is 2.72. The van der Waals surface area contributed by atoms with Crippen LogP contribution in [0.25, 0.3) is 0 Å². The van der Waals surface area contributed by atoms with Crippen molar-refractivity contribution in [3.05, 3.63) is 29.3 Å². The van der Waals surface area contributed by atoms with Crippen LogP contribution in [0.3, 0.4) is 0 Å². The number of ether oxygens (including phenoxy) is 2. The van der Waals surface area contributed by atoms with Crippen LogP contribution < -0.4 is 10.1 Å². The molecule has 2 rings (SSSR count). The quantitative estimate of drug-likeness (QED) is 0.828. The Morgan fingerprint density at radius 1 is 1.27 bits per heavy atom. The maximum Gasteiger partial charge on any atom is 0.258 e. The first-order valence-electron chi connectivity index (χ1n) is 6.95. The molecular weight excluding hydrogens is 306 g/mol.